The Bertz CT molecular complexity index is 976. The lowest BCUT2D eigenvalue weighted by Crippen LogP contribution is -2.40. The molecule has 0 aliphatic carbocycles. The quantitative estimate of drug-likeness (QED) is 0.592. The number of rotatable bonds is 6. The number of benzene rings is 3. The molecular weight excluding hydrogens is 379 g/mol. The highest BCUT2D eigenvalue weighted by Gasteiger charge is 2.26. The summed E-state index contributed by atoms with van der Waals surface area (Å²) in [5.74, 6) is 1.02. The Labute approximate surface area is 176 Å². The molecule has 1 aliphatic rings. The highest BCUT2D eigenvalue weighted by molar-refractivity contribution is 5.94. The average Bonchev–Trinajstić information content (AvgIpc) is 2.78. The minimum atomic E-state index is -0.231. The van der Waals surface area contributed by atoms with Crippen LogP contribution in [0.3, 0.4) is 0 Å². The first-order valence-electron chi connectivity index (χ1n) is 10.3. The van der Waals surface area contributed by atoms with E-state index in [4.69, 9.17) is 4.74 Å². The number of nitrogens with zero attached hydrogens (tertiary/aromatic N) is 1. The maximum atomic E-state index is 13.1. The first-order valence-corrected chi connectivity index (χ1v) is 10.3. The summed E-state index contributed by atoms with van der Waals surface area (Å²) < 4.78 is 19.1. The zero-order valence-electron chi connectivity index (χ0n) is 16.8. The summed E-state index contributed by atoms with van der Waals surface area (Å²) in [6, 6.07) is 23.6. The van der Waals surface area contributed by atoms with Gasteiger partial charge >= 0.3 is 0 Å². The van der Waals surface area contributed by atoms with E-state index in [1.165, 1.54) is 12.1 Å². The molecule has 154 valence electrons. The number of hydrogen-bond donors (Lipinski definition) is 1. The van der Waals surface area contributed by atoms with Gasteiger partial charge in [0.25, 0.3) is 0 Å². The Morgan fingerprint density at radius 1 is 1.00 bits per heavy atom. The van der Waals surface area contributed by atoms with Crippen molar-refractivity contribution in [2.45, 2.75) is 19.4 Å². The van der Waals surface area contributed by atoms with Crippen LogP contribution in [0.5, 0.6) is 11.5 Å². The van der Waals surface area contributed by atoms with Gasteiger partial charge in [0.2, 0.25) is 5.91 Å². The molecule has 3 aromatic carbocycles. The number of ether oxygens (including phenoxy) is 1. The predicted molar refractivity (Wildman–Crippen MR) is 116 cm³/mol. The molecular formula is C25H25FN2O2. The van der Waals surface area contributed by atoms with Crippen LogP contribution in [0.1, 0.15) is 18.4 Å². The van der Waals surface area contributed by atoms with Crippen molar-refractivity contribution in [2.75, 3.05) is 18.4 Å². The van der Waals surface area contributed by atoms with E-state index >= 15 is 0 Å². The van der Waals surface area contributed by atoms with Gasteiger partial charge in [-0.15, -0.1) is 0 Å². The van der Waals surface area contributed by atoms with Crippen LogP contribution in [0, 0.1) is 11.7 Å². The Kier molecular flexibility index (Phi) is 6.40. The van der Waals surface area contributed by atoms with Crippen LogP contribution in [-0.2, 0) is 11.3 Å². The zero-order valence-corrected chi connectivity index (χ0v) is 16.8. The molecule has 1 heterocycles. The van der Waals surface area contributed by atoms with Crippen LogP contribution < -0.4 is 10.1 Å². The van der Waals surface area contributed by atoms with Crippen molar-refractivity contribution in [1.82, 2.24) is 4.90 Å². The number of carbonyl (C=O) groups is 1. The first kappa shape index (κ1) is 20.1. The van der Waals surface area contributed by atoms with Crippen LogP contribution in [0.2, 0.25) is 0 Å². The lowest BCUT2D eigenvalue weighted by molar-refractivity contribution is -0.121. The molecule has 0 bridgehead atoms. The summed E-state index contributed by atoms with van der Waals surface area (Å²) in [4.78, 5) is 15.2. The average molecular weight is 404 g/mol. The highest BCUT2D eigenvalue weighted by Crippen LogP contribution is 2.30. The number of nitrogens with one attached hydrogen (secondary N) is 1. The number of carbonyl (C=O) groups excluding carboxylic acids is 1. The molecule has 1 aliphatic heterocycles. The first-order chi connectivity index (χ1) is 14.7. The fourth-order valence-corrected chi connectivity index (χ4v) is 3.77. The van der Waals surface area contributed by atoms with E-state index in [1.54, 1.807) is 12.1 Å². The molecule has 1 atom stereocenters. The van der Waals surface area contributed by atoms with Crippen LogP contribution in [-0.4, -0.2) is 23.9 Å². The molecule has 4 nitrogen and oxygen atoms in total. The van der Waals surface area contributed by atoms with Gasteiger partial charge in [0, 0.05) is 13.1 Å². The van der Waals surface area contributed by atoms with Gasteiger partial charge in [0.05, 0.1) is 11.6 Å². The van der Waals surface area contributed by atoms with E-state index in [0.29, 0.717) is 18.0 Å². The third-order valence-corrected chi connectivity index (χ3v) is 5.31. The molecule has 4 rings (SSSR count). The number of piperidine rings is 1. The second-order valence-electron chi connectivity index (χ2n) is 7.60. The van der Waals surface area contributed by atoms with Crippen molar-refractivity contribution < 1.29 is 13.9 Å². The van der Waals surface area contributed by atoms with E-state index < -0.39 is 0 Å². The van der Waals surface area contributed by atoms with Gasteiger partial charge in [-0.05, 0) is 61.3 Å². The zero-order chi connectivity index (χ0) is 20.8. The molecule has 0 saturated carbocycles. The molecule has 0 spiro atoms. The standard InChI is InChI=1S/C25H25FN2O2/c26-21-14-12-19(13-15-21)17-28-16-6-7-20(18-28)25(29)27-23-10-4-5-11-24(23)30-22-8-2-1-3-9-22/h1-5,8-15,20H,6-7,16-18H2,(H,27,29)/t20-/m1/s1. The van der Waals surface area contributed by atoms with Crippen LogP contribution in [0.4, 0.5) is 10.1 Å². The maximum absolute atomic E-state index is 13.1. The van der Waals surface area contributed by atoms with Crippen molar-refractivity contribution in [2.24, 2.45) is 5.92 Å². The normalized spacial score (nSPS) is 16.8. The summed E-state index contributed by atoms with van der Waals surface area (Å²) in [5, 5.41) is 3.05. The molecule has 5 heteroatoms. The second-order valence-corrected chi connectivity index (χ2v) is 7.60. The van der Waals surface area contributed by atoms with E-state index in [-0.39, 0.29) is 17.6 Å². The van der Waals surface area contributed by atoms with Gasteiger partial charge in [0.1, 0.15) is 11.6 Å². The van der Waals surface area contributed by atoms with E-state index in [9.17, 15) is 9.18 Å². The van der Waals surface area contributed by atoms with Gasteiger partial charge in [0.15, 0.2) is 5.75 Å². The van der Waals surface area contributed by atoms with Gasteiger partial charge < -0.3 is 10.1 Å². The molecule has 1 amide bonds. The smallest absolute Gasteiger partial charge is 0.228 e. The van der Waals surface area contributed by atoms with Crippen molar-refractivity contribution in [3.63, 3.8) is 0 Å². The highest BCUT2D eigenvalue weighted by atomic mass is 19.1. The summed E-state index contributed by atoms with van der Waals surface area (Å²) in [6.45, 7) is 2.34. The topological polar surface area (TPSA) is 41.6 Å². The van der Waals surface area contributed by atoms with Crippen molar-refractivity contribution >= 4 is 11.6 Å². The van der Waals surface area contributed by atoms with Crippen molar-refractivity contribution in [1.29, 1.82) is 0 Å². The Hall–Kier alpha value is -3.18. The number of hydrogen-bond acceptors (Lipinski definition) is 3. The number of likely N-dealkylation sites (tertiary alicyclic amines) is 1. The number of anilines is 1. The van der Waals surface area contributed by atoms with Gasteiger partial charge in [-0.2, -0.15) is 0 Å². The van der Waals surface area contributed by atoms with Crippen molar-refractivity contribution in [3.05, 3.63) is 90.2 Å². The van der Waals surface area contributed by atoms with E-state index in [0.717, 1.165) is 37.2 Å². The molecule has 3 aromatic rings. The monoisotopic (exact) mass is 404 g/mol. The number of halogens is 1. The van der Waals surface area contributed by atoms with Crippen LogP contribution in [0.25, 0.3) is 0 Å². The van der Waals surface area contributed by atoms with Gasteiger partial charge in [-0.25, -0.2) is 4.39 Å². The Morgan fingerprint density at radius 2 is 1.73 bits per heavy atom. The van der Waals surface area contributed by atoms with Crippen LogP contribution in [0.15, 0.2) is 78.9 Å². The van der Waals surface area contributed by atoms with Crippen molar-refractivity contribution in [3.8, 4) is 11.5 Å². The summed E-state index contributed by atoms with van der Waals surface area (Å²) in [5.41, 5.74) is 1.72. The third kappa shape index (κ3) is 5.24. The lowest BCUT2D eigenvalue weighted by Gasteiger charge is -2.32. The van der Waals surface area contributed by atoms with E-state index in [1.807, 2.05) is 54.6 Å². The summed E-state index contributed by atoms with van der Waals surface area (Å²) in [6.07, 6.45) is 1.81. The second kappa shape index (κ2) is 9.55. The Morgan fingerprint density at radius 3 is 2.53 bits per heavy atom. The fraction of sp³-hybridized carbons (Fsp3) is 0.240. The predicted octanol–water partition coefficient (Wildman–Crippen LogP) is 5.47. The largest absolute Gasteiger partial charge is 0.455 e. The number of amides is 1. The fourth-order valence-electron chi connectivity index (χ4n) is 3.77. The van der Waals surface area contributed by atoms with E-state index in [2.05, 4.69) is 10.2 Å². The molecule has 1 fully saturated rings. The third-order valence-electron chi connectivity index (χ3n) is 5.31. The number of para-hydroxylation sites is 3. The minimum absolute atomic E-state index is 0.00270. The summed E-state index contributed by atoms with van der Waals surface area (Å²) >= 11 is 0. The molecule has 0 unspecified atom stereocenters. The maximum Gasteiger partial charge on any atom is 0.228 e. The molecule has 0 radical (unpaired) electrons. The van der Waals surface area contributed by atoms with Gasteiger partial charge in [-0.3, -0.25) is 9.69 Å². The van der Waals surface area contributed by atoms with Gasteiger partial charge in [-0.1, -0.05) is 42.5 Å². The minimum Gasteiger partial charge on any atom is -0.455 e. The lowest BCUT2D eigenvalue weighted by atomic mass is 9.96. The molecule has 1 N–H and O–H groups in total. The Balaban J connectivity index is 1.39. The molecule has 30 heavy (non-hydrogen) atoms. The van der Waals surface area contributed by atoms with Crippen LogP contribution >= 0.6 is 0 Å². The molecule has 0 aromatic heterocycles. The SMILES string of the molecule is O=C(Nc1ccccc1Oc1ccccc1)[C@@H]1CCCN(Cc2ccc(F)cc2)C1. The molecule has 1 saturated heterocycles. The summed E-state index contributed by atoms with van der Waals surface area (Å²) in [7, 11) is 0.